The van der Waals surface area contributed by atoms with Crippen molar-refractivity contribution in [2.45, 2.75) is 0 Å². The Morgan fingerprint density at radius 3 is 2.83 bits per heavy atom. The number of ether oxygens (including phenoxy) is 1. The molecule has 0 unspecified atom stereocenters. The number of hydrogen-bond donors (Lipinski definition) is 0. The Labute approximate surface area is 117 Å². The van der Waals surface area contributed by atoms with Gasteiger partial charge in [-0.3, -0.25) is 0 Å². The molecule has 0 aliphatic heterocycles. The van der Waals surface area contributed by atoms with Gasteiger partial charge in [-0.25, -0.2) is 4.98 Å². The Morgan fingerprint density at radius 1 is 1.11 bits per heavy atom. The summed E-state index contributed by atoms with van der Waals surface area (Å²) in [5.41, 5.74) is 0. The van der Waals surface area contributed by atoms with Crippen LogP contribution in [0, 0.1) is 0 Å². The molecular formula is C12H6Cl2N2OS. The molecule has 0 aliphatic rings. The number of benzene rings is 1. The van der Waals surface area contributed by atoms with Crippen LogP contribution < -0.4 is 4.74 Å². The lowest BCUT2D eigenvalue weighted by Gasteiger charge is -2.06. The van der Waals surface area contributed by atoms with Crippen molar-refractivity contribution in [3.05, 3.63) is 46.0 Å². The zero-order valence-corrected chi connectivity index (χ0v) is 11.3. The lowest BCUT2D eigenvalue weighted by Crippen LogP contribution is -1.91. The topological polar surface area (TPSA) is 35.0 Å². The lowest BCUT2D eigenvalue weighted by molar-refractivity contribution is 0.468. The first-order valence-electron chi connectivity index (χ1n) is 5.06. The SMILES string of the molecule is Clc1cccc(Oc2nc(Cl)nc3sccc23)c1. The molecule has 3 aromatic rings. The molecule has 0 saturated heterocycles. The maximum atomic E-state index is 5.90. The minimum atomic E-state index is 0.168. The largest absolute Gasteiger partial charge is 0.438 e. The van der Waals surface area contributed by atoms with E-state index in [9.17, 15) is 0 Å². The van der Waals surface area contributed by atoms with Gasteiger partial charge in [0.25, 0.3) is 0 Å². The molecule has 1 aromatic carbocycles. The van der Waals surface area contributed by atoms with Crippen LogP contribution in [0.1, 0.15) is 0 Å². The van der Waals surface area contributed by atoms with Gasteiger partial charge in [0.15, 0.2) is 0 Å². The second kappa shape index (κ2) is 4.72. The fraction of sp³-hybridized carbons (Fsp3) is 0. The van der Waals surface area contributed by atoms with E-state index in [1.165, 1.54) is 11.3 Å². The summed E-state index contributed by atoms with van der Waals surface area (Å²) in [5.74, 6) is 1.05. The summed E-state index contributed by atoms with van der Waals surface area (Å²) in [4.78, 5) is 9.01. The van der Waals surface area contributed by atoms with Crippen LogP contribution in [0.5, 0.6) is 11.6 Å². The maximum absolute atomic E-state index is 5.90. The third-order valence-electron chi connectivity index (χ3n) is 2.27. The number of aromatic nitrogens is 2. The van der Waals surface area contributed by atoms with Gasteiger partial charge in [0.1, 0.15) is 10.6 Å². The first kappa shape index (κ1) is 11.7. The lowest BCUT2D eigenvalue weighted by atomic mass is 10.3. The minimum Gasteiger partial charge on any atom is -0.438 e. The van der Waals surface area contributed by atoms with Gasteiger partial charge in [-0.1, -0.05) is 17.7 Å². The van der Waals surface area contributed by atoms with Crippen LogP contribution in [-0.2, 0) is 0 Å². The summed E-state index contributed by atoms with van der Waals surface area (Å²) < 4.78 is 5.70. The van der Waals surface area contributed by atoms with Crippen LogP contribution >= 0.6 is 34.5 Å². The molecule has 0 amide bonds. The third-order valence-corrected chi connectivity index (χ3v) is 3.48. The summed E-state index contributed by atoms with van der Waals surface area (Å²) in [5, 5.41) is 3.53. The molecule has 3 nitrogen and oxygen atoms in total. The highest BCUT2D eigenvalue weighted by molar-refractivity contribution is 7.16. The summed E-state index contributed by atoms with van der Waals surface area (Å²) in [6.45, 7) is 0. The van der Waals surface area contributed by atoms with E-state index in [2.05, 4.69) is 9.97 Å². The summed E-state index contributed by atoms with van der Waals surface area (Å²) in [6, 6.07) is 9.01. The molecule has 6 heteroatoms. The van der Waals surface area contributed by atoms with Crippen molar-refractivity contribution in [3.8, 4) is 11.6 Å². The number of thiophene rings is 1. The molecule has 2 heterocycles. The second-order valence-electron chi connectivity index (χ2n) is 3.50. The summed E-state index contributed by atoms with van der Waals surface area (Å²) >= 11 is 13.2. The van der Waals surface area contributed by atoms with Crippen LogP contribution in [0.15, 0.2) is 35.7 Å². The number of nitrogens with zero attached hydrogens (tertiary/aromatic N) is 2. The fourth-order valence-corrected chi connectivity index (χ4v) is 2.67. The van der Waals surface area contributed by atoms with Gasteiger partial charge in [-0.15, -0.1) is 11.3 Å². The molecule has 0 aliphatic carbocycles. The number of fused-ring (bicyclic) bond motifs is 1. The van der Waals surface area contributed by atoms with Crippen molar-refractivity contribution in [2.75, 3.05) is 0 Å². The Hall–Kier alpha value is -1.36. The van der Waals surface area contributed by atoms with Gasteiger partial charge in [-0.2, -0.15) is 4.98 Å². The van der Waals surface area contributed by atoms with E-state index in [1.807, 2.05) is 17.5 Å². The van der Waals surface area contributed by atoms with Crippen LogP contribution in [0.2, 0.25) is 10.3 Å². The predicted molar refractivity (Wildman–Crippen MR) is 74.0 cm³/mol. The van der Waals surface area contributed by atoms with Crippen LogP contribution in [0.3, 0.4) is 0 Å². The highest BCUT2D eigenvalue weighted by Gasteiger charge is 2.10. The van der Waals surface area contributed by atoms with E-state index >= 15 is 0 Å². The predicted octanol–water partition coefficient (Wildman–Crippen LogP) is 4.79. The molecular weight excluding hydrogens is 291 g/mol. The maximum Gasteiger partial charge on any atom is 0.232 e. The number of hydrogen-bond acceptors (Lipinski definition) is 4. The molecule has 0 atom stereocenters. The van der Waals surface area contributed by atoms with Crippen LogP contribution in [0.25, 0.3) is 10.2 Å². The molecule has 3 rings (SSSR count). The van der Waals surface area contributed by atoms with Crippen molar-refractivity contribution >= 4 is 44.8 Å². The molecule has 0 N–H and O–H groups in total. The summed E-state index contributed by atoms with van der Waals surface area (Å²) in [6.07, 6.45) is 0. The summed E-state index contributed by atoms with van der Waals surface area (Å²) in [7, 11) is 0. The normalized spacial score (nSPS) is 10.8. The molecule has 0 radical (unpaired) electrons. The highest BCUT2D eigenvalue weighted by atomic mass is 35.5. The van der Waals surface area contributed by atoms with Crippen LogP contribution in [-0.4, -0.2) is 9.97 Å². The molecule has 0 fully saturated rings. The monoisotopic (exact) mass is 296 g/mol. The average Bonchev–Trinajstić information content (AvgIpc) is 2.77. The Morgan fingerprint density at radius 2 is 2.00 bits per heavy atom. The molecule has 2 aromatic heterocycles. The van der Waals surface area contributed by atoms with Crippen LogP contribution in [0.4, 0.5) is 0 Å². The number of rotatable bonds is 2. The van der Waals surface area contributed by atoms with Gasteiger partial charge in [-0.05, 0) is 41.2 Å². The highest BCUT2D eigenvalue weighted by Crippen LogP contribution is 2.31. The Balaban J connectivity index is 2.06. The standard InChI is InChI=1S/C12H6Cl2N2OS/c13-7-2-1-3-8(6-7)17-10-9-4-5-18-11(9)16-12(14)15-10/h1-6H. The first-order valence-corrected chi connectivity index (χ1v) is 6.70. The molecule has 0 bridgehead atoms. The zero-order valence-electron chi connectivity index (χ0n) is 8.93. The average molecular weight is 297 g/mol. The first-order chi connectivity index (χ1) is 8.72. The molecule has 0 saturated carbocycles. The fourth-order valence-electron chi connectivity index (χ4n) is 1.52. The van der Waals surface area contributed by atoms with Gasteiger partial charge in [0, 0.05) is 5.02 Å². The van der Waals surface area contributed by atoms with Gasteiger partial charge in [0.2, 0.25) is 11.2 Å². The third kappa shape index (κ3) is 2.27. The van der Waals surface area contributed by atoms with E-state index < -0.39 is 0 Å². The van der Waals surface area contributed by atoms with Crippen molar-refractivity contribution in [1.82, 2.24) is 9.97 Å². The molecule has 18 heavy (non-hydrogen) atoms. The van der Waals surface area contributed by atoms with Crippen molar-refractivity contribution in [3.63, 3.8) is 0 Å². The van der Waals surface area contributed by atoms with E-state index in [4.69, 9.17) is 27.9 Å². The van der Waals surface area contributed by atoms with Crippen molar-refractivity contribution in [1.29, 1.82) is 0 Å². The minimum absolute atomic E-state index is 0.168. The van der Waals surface area contributed by atoms with E-state index in [0.29, 0.717) is 16.7 Å². The second-order valence-corrected chi connectivity index (χ2v) is 5.17. The van der Waals surface area contributed by atoms with Gasteiger partial charge >= 0.3 is 0 Å². The Kier molecular flexibility index (Phi) is 3.07. The van der Waals surface area contributed by atoms with Crippen molar-refractivity contribution < 1.29 is 4.74 Å². The molecule has 90 valence electrons. The number of halogens is 2. The van der Waals surface area contributed by atoms with Gasteiger partial charge < -0.3 is 4.74 Å². The Bertz CT molecular complexity index is 714. The van der Waals surface area contributed by atoms with Gasteiger partial charge in [0.05, 0.1) is 5.39 Å². The quantitative estimate of drug-likeness (QED) is 0.638. The van der Waals surface area contributed by atoms with E-state index in [0.717, 1.165) is 10.2 Å². The van der Waals surface area contributed by atoms with E-state index in [-0.39, 0.29) is 5.28 Å². The van der Waals surface area contributed by atoms with Crippen molar-refractivity contribution in [2.24, 2.45) is 0 Å². The smallest absolute Gasteiger partial charge is 0.232 e. The van der Waals surface area contributed by atoms with E-state index in [1.54, 1.807) is 18.2 Å². The zero-order chi connectivity index (χ0) is 12.5. The molecule has 0 spiro atoms.